The van der Waals surface area contributed by atoms with Crippen LogP contribution in [0, 0.1) is 46.3 Å². The Kier molecular flexibility index (Phi) is 7.28. The van der Waals surface area contributed by atoms with E-state index in [1.807, 2.05) is 13.0 Å². The van der Waals surface area contributed by atoms with Crippen molar-refractivity contribution in [3.63, 3.8) is 0 Å². The summed E-state index contributed by atoms with van der Waals surface area (Å²) >= 11 is 0. The summed E-state index contributed by atoms with van der Waals surface area (Å²) in [6.07, 6.45) is 12.0. The minimum Gasteiger partial charge on any atom is -0.481 e. The van der Waals surface area contributed by atoms with Gasteiger partial charge in [0.1, 0.15) is 0 Å². The molecule has 2 fully saturated rings. The van der Waals surface area contributed by atoms with Crippen LogP contribution in [0.2, 0.25) is 0 Å². The normalized spacial score (nSPS) is 38.3. The molecule has 2 saturated carbocycles. The zero-order valence-corrected chi connectivity index (χ0v) is 20.3. The van der Waals surface area contributed by atoms with Crippen molar-refractivity contribution in [1.82, 2.24) is 0 Å². The molecule has 0 radical (unpaired) electrons. The summed E-state index contributed by atoms with van der Waals surface area (Å²) in [7, 11) is 0. The van der Waals surface area contributed by atoms with Crippen molar-refractivity contribution in [3.05, 3.63) is 11.6 Å². The fraction of sp³-hybridized carbons (Fsp3) is 0.852. The molecule has 7 atom stereocenters. The van der Waals surface area contributed by atoms with E-state index in [4.69, 9.17) is 0 Å². The number of hydrogen-bond donors (Lipinski definition) is 2. The van der Waals surface area contributed by atoms with Gasteiger partial charge in [0.25, 0.3) is 0 Å². The first-order valence-corrected chi connectivity index (χ1v) is 12.7. The molecule has 2 N–H and O–H groups in total. The van der Waals surface area contributed by atoms with Gasteiger partial charge in [0.05, 0.1) is 0 Å². The van der Waals surface area contributed by atoms with Crippen LogP contribution in [0.1, 0.15) is 98.8 Å². The Bertz CT molecular complexity index is 710. The molecule has 0 aromatic heterocycles. The van der Waals surface area contributed by atoms with E-state index >= 15 is 0 Å². The molecular weight excluding hydrogens is 388 g/mol. The van der Waals surface area contributed by atoms with Crippen LogP contribution in [0.4, 0.5) is 0 Å². The Hall–Kier alpha value is -1.32. The lowest BCUT2D eigenvalue weighted by Crippen LogP contribution is -2.50. The van der Waals surface area contributed by atoms with Gasteiger partial charge in [-0.25, -0.2) is 4.79 Å². The molecule has 4 nitrogen and oxygen atoms in total. The highest BCUT2D eigenvalue weighted by molar-refractivity contribution is 5.88. The summed E-state index contributed by atoms with van der Waals surface area (Å²) < 4.78 is 0. The van der Waals surface area contributed by atoms with Crippen molar-refractivity contribution in [1.29, 1.82) is 0 Å². The lowest BCUT2D eigenvalue weighted by Gasteiger charge is -2.56. The second-order valence-corrected chi connectivity index (χ2v) is 11.9. The van der Waals surface area contributed by atoms with Crippen LogP contribution >= 0.6 is 0 Å². The SMILES string of the molecule is CC(C)CCC[C@H](C)[C@@H]1CC[C@@H]2[C@@H]3CC=C(C(=O)O)[C@](C)(CCC(=O)O)[C@@H]3CC[C@]21C. The van der Waals surface area contributed by atoms with Crippen molar-refractivity contribution < 1.29 is 19.8 Å². The Morgan fingerprint density at radius 2 is 1.77 bits per heavy atom. The quantitative estimate of drug-likeness (QED) is 0.420. The van der Waals surface area contributed by atoms with Crippen LogP contribution in [0.5, 0.6) is 0 Å². The number of fused-ring (bicyclic) bond motifs is 3. The predicted molar refractivity (Wildman–Crippen MR) is 124 cm³/mol. The zero-order chi connectivity index (χ0) is 23.0. The van der Waals surface area contributed by atoms with Crippen molar-refractivity contribution in [2.24, 2.45) is 46.3 Å². The van der Waals surface area contributed by atoms with E-state index in [9.17, 15) is 19.8 Å². The molecule has 4 heteroatoms. The number of carboxylic acids is 2. The molecule has 0 unspecified atom stereocenters. The number of carboxylic acid groups (broad SMARTS) is 2. The summed E-state index contributed by atoms with van der Waals surface area (Å²) in [5.74, 6) is 2.02. The lowest BCUT2D eigenvalue weighted by atomic mass is 9.48. The van der Waals surface area contributed by atoms with Crippen LogP contribution in [0.25, 0.3) is 0 Å². The third-order valence-electron chi connectivity index (χ3n) is 9.75. The minimum absolute atomic E-state index is 0.0434. The van der Waals surface area contributed by atoms with E-state index in [1.165, 1.54) is 32.1 Å². The molecule has 0 aliphatic heterocycles. The monoisotopic (exact) mass is 432 g/mol. The summed E-state index contributed by atoms with van der Waals surface area (Å²) in [5, 5.41) is 19.2. The number of aliphatic carboxylic acids is 2. The summed E-state index contributed by atoms with van der Waals surface area (Å²) in [6, 6.07) is 0. The van der Waals surface area contributed by atoms with E-state index in [0.717, 1.165) is 37.0 Å². The third kappa shape index (κ3) is 4.59. The molecule has 31 heavy (non-hydrogen) atoms. The highest BCUT2D eigenvalue weighted by Crippen LogP contribution is 2.66. The van der Waals surface area contributed by atoms with Crippen molar-refractivity contribution >= 4 is 11.9 Å². The summed E-state index contributed by atoms with van der Waals surface area (Å²) in [6.45, 7) is 11.6. The largest absolute Gasteiger partial charge is 0.481 e. The topological polar surface area (TPSA) is 74.6 Å². The van der Waals surface area contributed by atoms with Crippen LogP contribution in [0.3, 0.4) is 0 Å². The van der Waals surface area contributed by atoms with Gasteiger partial charge in [0.2, 0.25) is 0 Å². The van der Waals surface area contributed by atoms with Crippen molar-refractivity contribution in [2.75, 3.05) is 0 Å². The molecule has 0 amide bonds. The van der Waals surface area contributed by atoms with E-state index in [2.05, 4.69) is 27.7 Å². The van der Waals surface area contributed by atoms with E-state index in [1.54, 1.807) is 0 Å². The number of rotatable bonds is 9. The number of allylic oxidation sites excluding steroid dienone is 1. The fourth-order valence-corrected chi connectivity index (χ4v) is 8.14. The van der Waals surface area contributed by atoms with Gasteiger partial charge < -0.3 is 10.2 Å². The summed E-state index contributed by atoms with van der Waals surface area (Å²) in [5.41, 5.74) is 0.283. The molecule has 0 saturated heterocycles. The first kappa shape index (κ1) is 24.3. The second kappa shape index (κ2) is 9.27. The van der Waals surface area contributed by atoms with Crippen LogP contribution < -0.4 is 0 Å². The zero-order valence-electron chi connectivity index (χ0n) is 20.3. The van der Waals surface area contributed by atoms with E-state index < -0.39 is 17.4 Å². The molecule has 3 rings (SSSR count). The van der Waals surface area contributed by atoms with Gasteiger partial charge in [-0.1, -0.05) is 60.0 Å². The Morgan fingerprint density at radius 1 is 1.06 bits per heavy atom. The molecule has 0 aromatic carbocycles. The van der Waals surface area contributed by atoms with Gasteiger partial charge in [-0.3, -0.25) is 4.79 Å². The Balaban J connectivity index is 1.80. The first-order chi connectivity index (χ1) is 14.5. The highest BCUT2D eigenvalue weighted by atomic mass is 16.4. The van der Waals surface area contributed by atoms with Crippen LogP contribution in [-0.2, 0) is 9.59 Å². The van der Waals surface area contributed by atoms with E-state index in [0.29, 0.717) is 29.2 Å². The van der Waals surface area contributed by atoms with Crippen LogP contribution in [0.15, 0.2) is 11.6 Å². The van der Waals surface area contributed by atoms with Crippen molar-refractivity contribution in [2.45, 2.75) is 98.8 Å². The first-order valence-electron chi connectivity index (χ1n) is 12.7. The maximum Gasteiger partial charge on any atom is 0.331 e. The van der Waals surface area contributed by atoms with Crippen LogP contribution in [-0.4, -0.2) is 22.2 Å². The van der Waals surface area contributed by atoms with Gasteiger partial charge in [0.15, 0.2) is 0 Å². The van der Waals surface area contributed by atoms with Gasteiger partial charge in [-0.15, -0.1) is 0 Å². The minimum atomic E-state index is -0.859. The predicted octanol–water partition coefficient (Wildman–Crippen LogP) is 6.79. The van der Waals surface area contributed by atoms with Gasteiger partial charge in [-0.05, 0) is 79.4 Å². The molecule has 0 bridgehead atoms. The average molecular weight is 433 g/mol. The van der Waals surface area contributed by atoms with Gasteiger partial charge in [-0.2, -0.15) is 0 Å². The summed E-state index contributed by atoms with van der Waals surface area (Å²) in [4.78, 5) is 23.4. The maximum atomic E-state index is 12.1. The smallest absolute Gasteiger partial charge is 0.331 e. The molecular formula is C27H44O4. The van der Waals surface area contributed by atoms with Gasteiger partial charge in [0, 0.05) is 17.4 Å². The number of carbonyl (C=O) groups is 2. The second-order valence-electron chi connectivity index (χ2n) is 11.9. The third-order valence-corrected chi connectivity index (χ3v) is 9.75. The molecule has 176 valence electrons. The Labute approximate surface area is 188 Å². The van der Waals surface area contributed by atoms with Gasteiger partial charge >= 0.3 is 11.9 Å². The van der Waals surface area contributed by atoms with E-state index in [-0.39, 0.29) is 12.3 Å². The number of hydrogen-bond acceptors (Lipinski definition) is 2. The standard InChI is InChI=1S/C27H44O4/c1-17(2)7-6-8-18(3)20-11-12-21-19-9-10-23(25(30)31)27(5,16-14-24(28)29)22(19)13-15-26(20,21)4/h10,17-22H,6-9,11-16H2,1-5H3,(H,28,29)(H,30,31)/t18-,19-,20-,21+,22+,26-,27+/m0/s1. The molecule has 3 aliphatic rings. The molecule has 0 aromatic rings. The average Bonchev–Trinajstić information content (AvgIpc) is 3.03. The molecule has 3 aliphatic carbocycles. The molecule has 0 heterocycles. The molecule has 0 spiro atoms. The Morgan fingerprint density at radius 3 is 2.39 bits per heavy atom. The lowest BCUT2D eigenvalue weighted by molar-refractivity contribution is -0.140. The maximum absolute atomic E-state index is 12.1. The highest BCUT2D eigenvalue weighted by Gasteiger charge is 2.59. The fourth-order valence-electron chi connectivity index (χ4n) is 8.14. The van der Waals surface area contributed by atoms with Crippen molar-refractivity contribution in [3.8, 4) is 0 Å².